The third-order valence-corrected chi connectivity index (χ3v) is 10.7. The molecule has 0 bridgehead atoms. The third kappa shape index (κ3) is 37.4. The molecule has 2 N–H and O–H groups in total. The fourth-order valence-electron chi connectivity index (χ4n) is 6.27. The predicted octanol–water partition coefficient (Wildman–Crippen LogP) is 10.9. The molecule has 0 rings (SSSR count). The molecule has 0 aliphatic heterocycles. The Labute approximate surface area is 316 Å². The van der Waals surface area contributed by atoms with Gasteiger partial charge in [-0.05, 0) is 38.5 Å². The zero-order valence-corrected chi connectivity index (χ0v) is 35.2. The number of nitrogens with zero attached hydrogens (tertiary/aromatic N) is 1. The van der Waals surface area contributed by atoms with Gasteiger partial charge in [0.05, 0.1) is 39.9 Å². The maximum Gasteiger partial charge on any atom is 0.268 e. The minimum Gasteiger partial charge on any atom is -0.756 e. The zero-order valence-electron chi connectivity index (χ0n) is 34.3. The molecule has 0 aromatic heterocycles. The van der Waals surface area contributed by atoms with Gasteiger partial charge < -0.3 is 28.8 Å². The van der Waals surface area contributed by atoms with Crippen LogP contribution in [0.15, 0.2) is 12.2 Å². The van der Waals surface area contributed by atoms with Gasteiger partial charge in [0.15, 0.2) is 0 Å². The van der Waals surface area contributed by atoms with E-state index in [-0.39, 0.29) is 19.1 Å². The van der Waals surface area contributed by atoms with Crippen LogP contribution in [-0.2, 0) is 18.4 Å². The Bertz CT molecular complexity index is 850. The van der Waals surface area contributed by atoms with E-state index in [1.807, 2.05) is 21.1 Å². The lowest BCUT2D eigenvalue weighted by Crippen LogP contribution is -2.46. The van der Waals surface area contributed by atoms with Crippen LogP contribution in [-0.4, -0.2) is 68.5 Å². The molecule has 0 fully saturated rings. The van der Waals surface area contributed by atoms with E-state index in [0.717, 1.165) is 44.9 Å². The Balaban J connectivity index is 4.42. The SMILES string of the molecule is CCCCCCCCCCCC/C=C/CCCC[C@@H](O)[C@H](COP(=O)([O-])OCC[N+](C)(C)C)NC(=O)CCCCCCCCCCCCCCC. The average molecular weight is 745 g/mol. The second kappa shape index (κ2) is 35.0. The van der Waals surface area contributed by atoms with E-state index in [2.05, 4.69) is 31.3 Å². The molecule has 9 heteroatoms. The average Bonchev–Trinajstić information content (AvgIpc) is 3.07. The first-order valence-corrected chi connectivity index (χ1v) is 23.0. The van der Waals surface area contributed by atoms with Crippen molar-refractivity contribution in [1.82, 2.24) is 5.32 Å². The highest BCUT2D eigenvalue weighted by Gasteiger charge is 2.24. The van der Waals surface area contributed by atoms with E-state index in [1.165, 1.54) is 128 Å². The normalized spacial score (nSPS) is 14.6. The van der Waals surface area contributed by atoms with Gasteiger partial charge >= 0.3 is 0 Å². The first-order valence-electron chi connectivity index (χ1n) is 21.5. The first kappa shape index (κ1) is 50.2. The van der Waals surface area contributed by atoms with Crippen LogP contribution in [0.4, 0.5) is 0 Å². The number of rotatable bonds is 39. The Kier molecular flexibility index (Phi) is 34.5. The maximum atomic E-state index is 12.8. The van der Waals surface area contributed by atoms with E-state index in [1.54, 1.807) is 0 Å². The monoisotopic (exact) mass is 745 g/mol. The van der Waals surface area contributed by atoms with Gasteiger partial charge in [0, 0.05) is 6.42 Å². The Morgan fingerprint density at radius 2 is 1.08 bits per heavy atom. The molecule has 304 valence electrons. The fraction of sp³-hybridized carbons (Fsp3) is 0.929. The highest BCUT2D eigenvalue weighted by Crippen LogP contribution is 2.38. The number of amides is 1. The van der Waals surface area contributed by atoms with Crippen molar-refractivity contribution in [2.75, 3.05) is 40.9 Å². The molecular formula is C42H85N2O6P. The first-order chi connectivity index (χ1) is 24.5. The van der Waals surface area contributed by atoms with Crippen molar-refractivity contribution in [1.29, 1.82) is 0 Å². The number of allylic oxidation sites excluding steroid dienone is 2. The number of phosphoric ester groups is 1. The Morgan fingerprint density at radius 1 is 0.667 bits per heavy atom. The second-order valence-corrected chi connectivity index (χ2v) is 17.5. The summed E-state index contributed by atoms with van der Waals surface area (Å²) in [7, 11) is 1.29. The number of carbonyl (C=O) groups excluding carboxylic acids is 1. The minimum atomic E-state index is -4.56. The van der Waals surface area contributed by atoms with Crippen molar-refractivity contribution in [3.63, 3.8) is 0 Å². The number of hydrogen-bond acceptors (Lipinski definition) is 6. The van der Waals surface area contributed by atoms with Crippen LogP contribution >= 0.6 is 7.82 Å². The molecule has 3 atom stereocenters. The van der Waals surface area contributed by atoms with Crippen LogP contribution in [0.2, 0.25) is 0 Å². The summed E-state index contributed by atoms with van der Waals surface area (Å²) in [5.74, 6) is -0.174. The van der Waals surface area contributed by atoms with E-state index >= 15 is 0 Å². The molecule has 0 aliphatic rings. The van der Waals surface area contributed by atoms with Crippen molar-refractivity contribution in [2.24, 2.45) is 0 Å². The Morgan fingerprint density at radius 3 is 1.53 bits per heavy atom. The standard InChI is InChI=1S/C42H85N2O6P/c1-6-8-10-12-14-16-18-20-21-22-24-25-27-29-31-33-35-41(45)40(39-50-51(47,48)49-38-37-44(3,4)5)43-42(46)36-34-32-30-28-26-23-19-17-15-13-11-9-7-2/h25,27,40-41,45H,6-24,26,28-39H2,1-5H3,(H-,43,46,47,48)/b27-25+/t40-,41+/m0/s1. The van der Waals surface area contributed by atoms with Crippen LogP contribution in [0.25, 0.3) is 0 Å². The number of aliphatic hydroxyl groups excluding tert-OH is 1. The molecule has 0 aromatic carbocycles. The van der Waals surface area contributed by atoms with Crippen molar-refractivity contribution >= 4 is 13.7 Å². The second-order valence-electron chi connectivity index (χ2n) is 16.1. The Hall–Kier alpha value is -0.760. The van der Waals surface area contributed by atoms with Crippen LogP contribution in [0, 0.1) is 0 Å². The number of aliphatic hydroxyl groups is 1. The molecule has 0 aliphatic carbocycles. The highest BCUT2D eigenvalue weighted by molar-refractivity contribution is 7.45. The summed E-state index contributed by atoms with van der Waals surface area (Å²) in [6.45, 7) is 4.70. The van der Waals surface area contributed by atoms with Gasteiger partial charge in [-0.3, -0.25) is 9.36 Å². The summed E-state index contributed by atoms with van der Waals surface area (Å²) in [4.78, 5) is 25.3. The molecule has 0 saturated carbocycles. The van der Waals surface area contributed by atoms with Gasteiger partial charge in [-0.1, -0.05) is 167 Å². The largest absolute Gasteiger partial charge is 0.756 e. The van der Waals surface area contributed by atoms with Gasteiger partial charge in [-0.15, -0.1) is 0 Å². The van der Waals surface area contributed by atoms with Gasteiger partial charge in [0.2, 0.25) is 5.91 Å². The molecule has 0 spiro atoms. The lowest BCUT2D eigenvalue weighted by Gasteiger charge is -2.30. The molecule has 1 amide bonds. The third-order valence-electron chi connectivity index (χ3n) is 9.75. The summed E-state index contributed by atoms with van der Waals surface area (Å²) < 4.78 is 23.2. The molecule has 8 nitrogen and oxygen atoms in total. The highest BCUT2D eigenvalue weighted by atomic mass is 31.2. The molecule has 0 radical (unpaired) electrons. The van der Waals surface area contributed by atoms with Crippen molar-refractivity contribution < 1.29 is 32.9 Å². The number of quaternary nitrogens is 1. The molecule has 0 saturated heterocycles. The van der Waals surface area contributed by atoms with E-state index < -0.39 is 20.0 Å². The van der Waals surface area contributed by atoms with Crippen LogP contribution < -0.4 is 10.2 Å². The smallest absolute Gasteiger partial charge is 0.268 e. The van der Waals surface area contributed by atoms with Crippen LogP contribution in [0.5, 0.6) is 0 Å². The fourth-order valence-corrected chi connectivity index (χ4v) is 6.99. The molecule has 1 unspecified atom stereocenters. The molecule has 0 heterocycles. The number of carbonyl (C=O) groups is 1. The van der Waals surface area contributed by atoms with E-state index in [4.69, 9.17) is 9.05 Å². The summed E-state index contributed by atoms with van der Waals surface area (Å²) in [5, 5.41) is 13.9. The number of likely N-dealkylation sites (N-methyl/N-ethyl adjacent to an activating group) is 1. The summed E-state index contributed by atoms with van der Waals surface area (Å²) in [5.41, 5.74) is 0. The number of unbranched alkanes of at least 4 members (excludes halogenated alkanes) is 24. The summed E-state index contributed by atoms with van der Waals surface area (Å²) in [6, 6.07) is -0.810. The lowest BCUT2D eigenvalue weighted by molar-refractivity contribution is -0.870. The molecule has 0 aromatic rings. The summed E-state index contributed by atoms with van der Waals surface area (Å²) in [6.07, 6.45) is 37.8. The van der Waals surface area contributed by atoms with Crippen molar-refractivity contribution in [3.05, 3.63) is 12.2 Å². The predicted molar refractivity (Wildman–Crippen MR) is 215 cm³/mol. The van der Waals surface area contributed by atoms with Gasteiger partial charge in [0.1, 0.15) is 13.2 Å². The van der Waals surface area contributed by atoms with Crippen LogP contribution in [0.1, 0.15) is 200 Å². The topological polar surface area (TPSA) is 108 Å². The number of hydrogen-bond donors (Lipinski definition) is 2. The van der Waals surface area contributed by atoms with Gasteiger partial charge in [-0.2, -0.15) is 0 Å². The summed E-state index contributed by atoms with van der Waals surface area (Å²) >= 11 is 0. The molecular weight excluding hydrogens is 659 g/mol. The minimum absolute atomic E-state index is 0.00954. The van der Waals surface area contributed by atoms with Gasteiger partial charge in [-0.25, -0.2) is 0 Å². The van der Waals surface area contributed by atoms with Crippen LogP contribution in [0.3, 0.4) is 0 Å². The zero-order chi connectivity index (χ0) is 37.9. The quantitative estimate of drug-likeness (QED) is 0.0281. The molecule has 51 heavy (non-hydrogen) atoms. The number of nitrogens with one attached hydrogen (secondary N) is 1. The van der Waals surface area contributed by atoms with E-state index in [9.17, 15) is 19.4 Å². The maximum absolute atomic E-state index is 12.8. The number of phosphoric acid groups is 1. The van der Waals surface area contributed by atoms with Crippen molar-refractivity contribution in [3.8, 4) is 0 Å². The lowest BCUT2D eigenvalue weighted by atomic mass is 10.0. The van der Waals surface area contributed by atoms with Gasteiger partial charge in [0.25, 0.3) is 7.82 Å². The van der Waals surface area contributed by atoms with E-state index in [0.29, 0.717) is 23.9 Å². The van der Waals surface area contributed by atoms with Crippen molar-refractivity contribution in [2.45, 2.75) is 212 Å².